The fraction of sp³-hybridized carbons (Fsp3) is 0.889. The quantitative estimate of drug-likeness (QED) is 0.615. The van der Waals surface area contributed by atoms with E-state index in [-0.39, 0.29) is 5.60 Å². The summed E-state index contributed by atoms with van der Waals surface area (Å²) in [6, 6.07) is 0. The summed E-state index contributed by atoms with van der Waals surface area (Å²) in [7, 11) is 1.33. The lowest BCUT2D eigenvalue weighted by Crippen LogP contribution is -2.33. The molecule has 0 aliphatic carbocycles. The van der Waals surface area contributed by atoms with E-state index in [1.165, 1.54) is 7.11 Å². The second-order valence-corrected chi connectivity index (χ2v) is 2.80. The minimum atomic E-state index is -0.583. The molecule has 0 spiro atoms. The van der Waals surface area contributed by atoms with Crippen LogP contribution in [0.3, 0.4) is 0 Å². The van der Waals surface area contributed by atoms with Gasteiger partial charge >= 0.3 is 6.16 Å². The number of rotatable bonds is 4. The molecule has 0 N–H and O–H groups in total. The van der Waals surface area contributed by atoms with Crippen LogP contribution in [-0.2, 0) is 9.47 Å². The summed E-state index contributed by atoms with van der Waals surface area (Å²) in [5.41, 5.74) is -0.326. The van der Waals surface area contributed by atoms with Crippen molar-refractivity contribution in [1.82, 2.24) is 0 Å². The topological polar surface area (TPSA) is 35.5 Å². The van der Waals surface area contributed by atoms with Crippen LogP contribution >= 0.6 is 0 Å². The van der Waals surface area contributed by atoms with Crippen LogP contribution in [-0.4, -0.2) is 18.9 Å². The van der Waals surface area contributed by atoms with Crippen LogP contribution < -0.4 is 0 Å². The van der Waals surface area contributed by atoms with Crippen molar-refractivity contribution < 1.29 is 14.3 Å². The molecule has 12 heavy (non-hydrogen) atoms. The van der Waals surface area contributed by atoms with Crippen LogP contribution in [0.5, 0.6) is 0 Å². The van der Waals surface area contributed by atoms with Gasteiger partial charge in [-0.3, -0.25) is 0 Å². The molecule has 3 heteroatoms. The van der Waals surface area contributed by atoms with Crippen LogP contribution in [0.2, 0.25) is 0 Å². The van der Waals surface area contributed by atoms with Crippen molar-refractivity contribution in [2.75, 3.05) is 7.11 Å². The zero-order chi connectivity index (χ0) is 9.61. The summed E-state index contributed by atoms with van der Waals surface area (Å²) < 4.78 is 9.62. The van der Waals surface area contributed by atoms with Crippen LogP contribution in [0.4, 0.5) is 4.79 Å². The first-order valence-corrected chi connectivity index (χ1v) is 4.41. The van der Waals surface area contributed by atoms with Gasteiger partial charge in [0, 0.05) is 0 Å². The molecular formula is C9H18O3. The SMILES string of the molecule is CCC(CC)(CC)OC(=O)OC. The molecule has 0 heterocycles. The van der Waals surface area contributed by atoms with E-state index in [4.69, 9.17) is 4.74 Å². The van der Waals surface area contributed by atoms with Crippen molar-refractivity contribution in [3.05, 3.63) is 0 Å². The molecule has 0 aromatic heterocycles. The number of hydrogen-bond donors (Lipinski definition) is 0. The van der Waals surface area contributed by atoms with E-state index in [0.717, 1.165) is 19.3 Å². The van der Waals surface area contributed by atoms with Crippen molar-refractivity contribution in [3.8, 4) is 0 Å². The molecule has 0 unspecified atom stereocenters. The Hall–Kier alpha value is -0.730. The fourth-order valence-corrected chi connectivity index (χ4v) is 1.18. The second kappa shape index (κ2) is 5.01. The van der Waals surface area contributed by atoms with E-state index in [9.17, 15) is 4.79 Å². The van der Waals surface area contributed by atoms with Crippen LogP contribution in [0.15, 0.2) is 0 Å². The molecule has 0 amide bonds. The van der Waals surface area contributed by atoms with Crippen molar-refractivity contribution in [2.24, 2.45) is 0 Å². The van der Waals surface area contributed by atoms with E-state index in [0.29, 0.717) is 0 Å². The number of carbonyl (C=O) groups excluding carboxylic acids is 1. The standard InChI is InChI=1S/C9H18O3/c1-5-9(6-2,7-3)12-8(10)11-4/h5-7H2,1-4H3. The minimum absolute atomic E-state index is 0.326. The van der Waals surface area contributed by atoms with Gasteiger partial charge in [-0.1, -0.05) is 20.8 Å². The number of ether oxygens (including phenoxy) is 2. The molecule has 0 atom stereocenters. The molecule has 0 aromatic carbocycles. The summed E-state index contributed by atoms with van der Waals surface area (Å²) in [6.45, 7) is 6.03. The summed E-state index contributed by atoms with van der Waals surface area (Å²) in [4.78, 5) is 10.9. The number of carbonyl (C=O) groups is 1. The van der Waals surface area contributed by atoms with Gasteiger partial charge < -0.3 is 9.47 Å². The molecule has 3 nitrogen and oxygen atoms in total. The van der Waals surface area contributed by atoms with E-state index >= 15 is 0 Å². The van der Waals surface area contributed by atoms with Gasteiger partial charge in [-0.2, -0.15) is 0 Å². The Morgan fingerprint density at radius 1 is 1.17 bits per heavy atom. The Morgan fingerprint density at radius 3 is 1.83 bits per heavy atom. The summed E-state index contributed by atoms with van der Waals surface area (Å²) in [5.74, 6) is 0. The first kappa shape index (κ1) is 11.3. The molecule has 0 fully saturated rings. The smallest absolute Gasteiger partial charge is 0.438 e. The third-order valence-corrected chi connectivity index (χ3v) is 2.40. The molecule has 0 saturated carbocycles. The van der Waals surface area contributed by atoms with E-state index in [2.05, 4.69) is 4.74 Å². The highest BCUT2D eigenvalue weighted by molar-refractivity contribution is 5.60. The highest BCUT2D eigenvalue weighted by Gasteiger charge is 2.28. The van der Waals surface area contributed by atoms with Crippen molar-refractivity contribution in [1.29, 1.82) is 0 Å². The maximum absolute atomic E-state index is 10.9. The predicted octanol–water partition coefficient (Wildman–Crippen LogP) is 2.74. The van der Waals surface area contributed by atoms with Gasteiger partial charge in [0.2, 0.25) is 0 Å². The van der Waals surface area contributed by atoms with Gasteiger partial charge in [0.15, 0.2) is 0 Å². The number of hydrogen-bond acceptors (Lipinski definition) is 3. The van der Waals surface area contributed by atoms with Crippen LogP contribution in [0.1, 0.15) is 40.0 Å². The number of methoxy groups -OCH3 is 1. The van der Waals surface area contributed by atoms with Gasteiger partial charge in [-0.15, -0.1) is 0 Å². The van der Waals surface area contributed by atoms with Gasteiger partial charge in [0.05, 0.1) is 7.11 Å². The Balaban J connectivity index is 4.19. The maximum Gasteiger partial charge on any atom is 0.508 e. The Morgan fingerprint density at radius 2 is 1.58 bits per heavy atom. The molecule has 0 bridgehead atoms. The molecule has 0 rings (SSSR count). The molecule has 0 saturated heterocycles. The molecule has 0 radical (unpaired) electrons. The Bertz CT molecular complexity index is 130. The lowest BCUT2D eigenvalue weighted by atomic mass is 9.94. The first-order valence-electron chi connectivity index (χ1n) is 4.41. The summed E-state index contributed by atoms with van der Waals surface area (Å²) in [6.07, 6.45) is 1.90. The van der Waals surface area contributed by atoms with Gasteiger partial charge in [0.1, 0.15) is 5.60 Å². The zero-order valence-electron chi connectivity index (χ0n) is 8.35. The van der Waals surface area contributed by atoms with Gasteiger partial charge in [0.25, 0.3) is 0 Å². The molecule has 0 aliphatic rings. The monoisotopic (exact) mass is 174 g/mol. The average Bonchev–Trinajstić information content (AvgIpc) is 2.14. The summed E-state index contributed by atoms with van der Waals surface area (Å²) in [5, 5.41) is 0. The lowest BCUT2D eigenvalue weighted by molar-refractivity contribution is -0.0348. The van der Waals surface area contributed by atoms with Crippen molar-refractivity contribution in [2.45, 2.75) is 45.6 Å². The average molecular weight is 174 g/mol. The zero-order valence-corrected chi connectivity index (χ0v) is 8.35. The van der Waals surface area contributed by atoms with Gasteiger partial charge in [-0.05, 0) is 19.3 Å². The third kappa shape index (κ3) is 2.72. The molecule has 0 aromatic rings. The Labute approximate surface area is 74.0 Å². The minimum Gasteiger partial charge on any atom is -0.438 e. The maximum atomic E-state index is 10.9. The largest absolute Gasteiger partial charge is 0.508 e. The van der Waals surface area contributed by atoms with Crippen molar-refractivity contribution >= 4 is 6.16 Å². The van der Waals surface area contributed by atoms with Crippen molar-refractivity contribution in [3.63, 3.8) is 0 Å². The highest BCUT2D eigenvalue weighted by Crippen LogP contribution is 2.24. The van der Waals surface area contributed by atoms with Gasteiger partial charge in [-0.25, -0.2) is 4.79 Å². The Kier molecular flexibility index (Phi) is 4.71. The first-order chi connectivity index (χ1) is 5.64. The normalized spacial score (nSPS) is 11.0. The summed E-state index contributed by atoms with van der Waals surface area (Å²) >= 11 is 0. The third-order valence-electron chi connectivity index (χ3n) is 2.40. The molecular weight excluding hydrogens is 156 g/mol. The van der Waals surface area contributed by atoms with Crippen LogP contribution in [0.25, 0.3) is 0 Å². The highest BCUT2D eigenvalue weighted by atomic mass is 16.7. The lowest BCUT2D eigenvalue weighted by Gasteiger charge is -2.29. The van der Waals surface area contributed by atoms with E-state index < -0.39 is 6.16 Å². The molecule has 72 valence electrons. The predicted molar refractivity (Wildman–Crippen MR) is 47.1 cm³/mol. The van der Waals surface area contributed by atoms with Crippen LogP contribution in [0, 0.1) is 0 Å². The van der Waals surface area contributed by atoms with E-state index in [1.54, 1.807) is 0 Å². The second-order valence-electron chi connectivity index (χ2n) is 2.80. The fourth-order valence-electron chi connectivity index (χ4n) is 1.18. The van der Waals surface area contributed by atoms with E-state index in [1.807, 2.05) is 20.8 Å². The molecule has 0 aliphatic heterocycles.